The maximum Gasteiger partial charge on any atom is 0.250 e. The van der Waals surface area contributed by atoms with E-state index in [4.69, 9.17) is 16.6 Å². The summed E-state index contributed by atoms with van der Waals surface area (Å²) in [5, 5.41) is 17.6. The fraction of sp³-hybridized carbons (Fsp3) is 0.0741. The molecule has 174 valence electrons. The number of para-hydroxylation sites is 2. The zero-order valence-electron chi connectivity index (χ0n) is 18.6. The Kier molecular flexibility index (Phi) is 6.70. The highest BCUT2D eigenvalue weighted by Gasteiger charge is 2.13. The van der Waals surface area contributed by atoms with E-state index in [-0.39, 0.29) is 17.4 Å². The van der Waals surface area contributed by atoms with Gasteiger partial charge in [0, 0.05) is 10.6 Å². The smallest absolute Gasteiger partial charge is 0.250 e. The Hall–Kier alpha value is -3.81. The third-order valence-electron chi connectivity index (χ3n) is 5.54. The first kappa shape index (κ1) is 23.0. The summed E-state index contributed by atoms with van der Waals surface area (Å²) in [4.78, 5) is 17.2. The second-order valence-electron chi connectivity index (χ2n) is 7.90. The van der Waals surface area contributed by atoms with Crippen molar-refractivity contribution in [2.75, 3.05) is 5.75 Å². The molecule has 0 fully saturated rings. The number of amides is 1. The number of hydrogen-bond acceptors (Lipinski definition) is 5. The number of nitrogens with one attached hydrogen (secondary N) is 1. The predicted octanol–water partition coefficient (Wildman–Crippen LogP) is 5.84. The Morgan fingerprint density at radius 1 is 1.03 bits per heavy atom. The van der Waals surface area contributed by atoms with Gasteiger partial charge in [0.1, 0.15) is 5.75 Å². The van der Waals surface area contributed by atoms with Gasteiger partial charge in [-0.05, 0) is 46.7 Å². The Morgan fingerprint density at radius 3 is 2.66 bits per heavy atom. The van der Waals surface area contributed by atoms with E-state index in [2.05, 4.69) is 15.1 Å². The van der Waals surface area contributed by atoms with Gasteiger partial charge < -0.3 is 9.67 Å². The van der Waals surface area contributed by atoms with Gasteiger partial charge in [-0.25, -0.2) is 10.4 Å². The van der Waals surface area contributed by atoms with E-state index in [1.54, 1.807) is 6.07 Å². The third kappa shape index (κ3) is 5.16. The summed E-state index contributed by atoms with van der Waals surface area (Å²) in [6.45, 7) is 0.611. The highest BCUT2D eigenvalue weighted by atomic mass is 35.5. The van der Waals surface area contributed by atoms with Crippen LogP contribution in [0.5, 0.6) is 5.75 Å². The van der Waals surface area contributed by atoms with E-state index in [1.807, 2.05) is 78.9 Å². The number of thioether (sulfide) groups is 1. The van der Waals surface area contributed by atoms with Crippen LogP contribution in [0.4, 0.5) is 0 Å². The predicted molar refractivity (Wildman–Crippen MR) is 142 cm³/mol. The summed E-state index contributed by atoms with van der Waals surface area (Å²) < 4.78 is 2.09. The number of nitrogens with zero attached hydrogens (tertiary/aromatic N) is 3. The Balaban J connectivity index is 1.29. The van der Waals surface area contributed by atoms with Crippen molar-refractivity contribution in [3.05, 3.63) is 101 Å². The van der Waals surface area contributed by atoms with Crippen LogP contribution in [-0.2, 0) is 11.3 Å². The van der Waals surface area contributed by atoms with Crippen LogP contribution in [0.1, 0.15) is 11.1 Å². The molecule has 0 saturated carbocycles. The lowest BCUT2D eigenvalue weighted by atomic mass is 10.0. The molecule has 0 saturated heterocycles. The first-order valence-electron chi connectivity index (χ1n) is 10.9. The lowest BCUT2D eigenvalue weighted by molar-refractivity contribution is -0.118. The largest absolute Gasteiger partial charge is 0.507 e. The molecule has 6 nitrogen and oxygen atoms in total. The molecule has 2 N–H and O–H groups in total. The van der Waals surface area contributed by atoms with Gasteiger partial charge in [-0.2, -0.15) is 5.10 Å². The molecule has 0 aliphatic rings. The summed E-state index contributed by atoms with van der Waals surface area (Å²) in [6, 6.07) is 26.7. The molecular weight excluding hydrogens is 480 g/mol. The van der Waals surface area contributed by atoms with Crippen molar-refractivity contribution in [3.8, 4) is 5.75 Å². The zero-order valence-corrected chi connectivity index (χ0v) is 20.1. The van der Waals surface area contributed by atoms with Crippen molar-refractivity contribution in [1.29, 1.82) is 0 Å². The van der Waals surface area contributed by atoms with Crippen molar-refractivity contribution >= 4 is 57.3 Å². The van der Waals surface area contributed by atoms with E-state index < -0.39 is 0 Å². The second kappa shape index (κ2) is 10.2. The molecule has 0 atom stereocenters. The first-order valence-corrected chi connectivity index (χ1v) is 12.3. The Morgan fingerprint density at radius 2 is 1.80 bits per heavy atom. The molecule has 4 aromatic carbocycles. The van der Waals surface area contributed by atoms with E-state index in [1.165, 1.54) is 18.0 Å². The number of rotatable bonds is 7. The molecule has 5 aromatic rings. The van der Waals surface area contributed by atoms with Crippen molar-refractivity contribution < 1.29 is 9.90 Å². The molecule has 8 heteroatoms. The molecule has 1 aromatic heterocycles. The van der Waals surface area contributed by atoms with Crippen LogP contribution in [-0.4, -0.2) is 32.5 Å². The molecule has 0 bridgehead atoms. The SMILES string of the molecule is O=C(CSc1nc2ccccc2n1Cc1ccc(Cl)cc1)N/N=C\c1c(O)ccc2ccccc12. The normalized spacial score (nSPS) is 11.5. The highest BCUT2D eigenvalue weighted by molar-refractivity contribution is 7.99. The minimum atomic E-state index is -0.268. The van der Waals surface area contributed by atoms with E-state index >= 15 is 0 Å². The number of hydrogen-bond donors (Lipinski definition) is 2. The number of aromatic hydroxyl groups is 1. The Labute approximate surface area is 211 Å². The number of fused-ring (bicyclic) bond motifs is 2. The number of halogens is 1. The highest BCUT2D eigenvalue weighted by Crippen LogP contribution is 2.27. The van der Waals surface area contributed by atoms with Crippen LogP contribution in [0.25, 0.3) is 21.8 Å². The van der Waals surface area contributed by atoms with Crippen LogP contribution in [0.15, 0.2) is 95.2 Å². The number of aromatic nitrogens is 2. The maximum absolute atomic E-state index is 12.5. The van der Waals surface area contributed by atoms with Crippen molar-refractivity contribution in [2.24, 2.45) is 5.10 Å². The molecular formula is C27H21ClN4O2S. The molecule has 35 heavy (non-hydrogen) atoms. The number of carbonyl (C=O) groups is 1. The average Bonchev–Trinajstić information content (AvgIpc) is 3.22. The number of imidazole rings is 1. The van der Waals surface area contributed by atoms with Crippen molar-refractivity contribution in [1.82, 2.24) is 15.0 Å². The van der Waals surface area contributed by atoms with Crippen LogP contribution in [0.3, 0.4) is 0 Å². The summed E-state index contributed by atoms with van der Waals surface area (Å²) in [7, 11) is 0. The summed E-state index contributed by atoms with van der Waals surface area (Å²) in [5.41, 5.74) is 6.06. The fourth-order valence-corrected chi connectivity index (χ4v) is 4.77. The van der Waals surface area contributed by atoms with Crippen LogP contribution in [0.2, 0.25) is 5.02 Å². The molecule has 0 aliphatic carbocycles. The molecule has 0 aliphatic heterocycles. The monoisotopic (exact) mass is 500 g/mol. The van der Waals surface area contributed by atoms with Gasteiger partial charge in [0.15, 0.2) is 5.16 Å². The molecule has 1 heterocycles. The lowest BCUT2D eigenvalue weighted by Crippen LogP contribution is -2.20. The molecule has 1 amide bonds. The number of hydrazone groups is 1. The van der Waals surface area contributed by atoms with Crippen LogP contribution >= 0.6 is 23.4 Å². The van der Waals surface area contributed by atoms with Gasteiger partial charge >= 0.3 is 0 Å². The van der Waals surface area contributed by atoms with Crippen LogP contribution < -0.4 is 5.43 Å². The van der Waals surface area contributed by atoms with Crippen molar-refractivity contribution in [3.63, 3.8) is 0 Å². The van der Waals surface area contributed by atoms with Gasteiger partial charge in [0.2, 0.25) is 0 Å². The number of phenols is 1. The first-order chi connectivity index (χ1) is 17.1. The van der Waals surface area contributed by atoms with E-state index in [9.17, 15) is 9.90 Å². The topological polar surface area (TPSA) is 79.5 Å². The summed E-state index contributed by atoms with van der Waals surface area (Å²) in [5.74, 6) is -0.0222. The van der Waals surface area contributed by atoms with E-state index in [0.29, 0.717) is 17.1 Å². The van der Waals surface area contributed by atoms with E-state index in [0.717, 1.165) is 32.5 Å². The average molecular weight is 501 g/mol. The third-order valence-corrected chi connectivity index (χ3v) is 6.76. The van der Waals surface area contributed by atoms with Gasteiger partial charge in [-0.15, -0.1) is 0 Å². The summed E-state index contributed by atoms with van der Waals surface area (Å²) >= 11 is 7.38. The number of benzene rings is 4. The lowest BCUT2D eigenvalue weighted by Gasteiger charge is -2.09. The standard InChI is InChI=1S/C27H21ClN4O2S/c28-20-12-9-18(10-13-20)16-32-24-8-4-3-7-23(24)30-27(32)35-17-26(34)31-29-15-22-21-6-2-1-5-19(21)11-14-25(22)33/h1-15,33H,16-17H2,(H,31,34)/b29-15-. The van der Waals surface area contributed by atoms with Gasteiger partial charge in [-0.3, -0.25) is 4.79 Å². The molecule has 0 radical (unpaired) electrons. The zero-order chi connectivity index (χ0) is 24.2. The quantitative estimate of drug-likeness (QED) is 0.167. The Bertz CT molecular complexity index is 1550. The van der Waals surface area contributed by atoms with Gasteiger partial charge in [-0.1, -0.05) is 78.0 Å². The number of carbonyl (C=O) groups excluding carboxylic acids is 1. The van der Waals surface area contributed by atoms with Gasteiger partial charge in [0.05, 0.1) is 29.5 Å². The second-order valence-corrected chi connectivity index (χ2v) is 9.28. The summed E-state index contributed by atoms with van der Waals surface area (Å²) in [6.07, 6.45) is 1.47. The minimum absolute atomic E-state index is 0.104. The maximum atomic E-state index is 12.5. The van der Waals surface area contributed by atoms with Crippen molar-refractivity contribution in [2.45, 2.75) is 11.7 Å². The molecule has 5 rings (SSSR count). The van der Waals surface area contributed by atoms with Gasteiger partial charge in [0.25, 0.3) is 5.91 Å². The molecule has 0 spiro atoms. The molecule has 0 unspecified atom stereocenters. The fourth-order valence-electron chi connectivity index (χ4n) is 3.84. The number of phenolic OH excluding ortho intramolecular Hbond substituents is 1. The van der Waals surface area contributed by atoms with Crippen LogP contribution in [0, 0.1) is 0 Å². The minimum Gasteiger partial charge on any atom is -0.507 e.